The second-order valence-corrected chi connectivity index (χ2v) is 9.47. The number of hydrogen-bond acceptors (Lipinski definition) is 3. The summed E-state index contributed by atoms with van der Waals surface area (Å²) in [5, 5.41) is 16.2. The highest BCUT2D eigenvalue weighted by Crippen LogP contribution is 2.25. The van der Waals surface area contributed by atoms with Crippen LogP contribution >= 0.6 is 46.4 Å². The fourth-order valence-electron chi connectivity index (χ4n) is 3.23. The highest BCUT2D eigenvalue weighted by molar-refractivity contribution is 6.42. The fourth-order valence-corrected chi connectivity index (χ4v) is 3.84. The van der Waals surface area contributed by atoms with Gasteiger partial charge in [-0.15, -0.1) is 0 Å². The van der Waals surface area contributed by atoms with Crippen LogP contribution in [0.5, 0.6) is 0 Å². The van der Waals surface area contributed by atoms with Crippen LogP contribution in [0.1, 0.15) is 22.3 Å². The molecule has 2 amide bonds. The lowest BCUT2D eigenvalue weighted by Crippen LogP contribution is -2.25. The molecule has 0 bridgehead atoms. The van der Waals surface area contributed by atoms with Crippen molar-refractivity contribution in [1.82, 2.24) is 10.6 Å². The van der Waals surface area contributed by atoms with E-state index in [9.17, 15) is 14.9 Å². The molecule has 0 unspecified atom stereocenters. The zero-order valence-electron chi connectivity index (χ0n) is 19.6. The van der Waals surface area contributed by atoms with Gasteiger partial charge in [0.1, 0.15) is 11.6 Å². The molecule has 0 fully saturated rings. The summed E-state index contributed by atoms with van der Waals surface area (Å²) in [6.07, 6.45) is 2.85. The van der Waals surface area contributed by atoms with Crippen molar-refractivity contribution >= 4 is 70.4 Å². The van der Waals surface area contributed by atoms with Gasteiger partial charge in [-0.2, -0.15) is 5.26 Å². The molecule has 0 spiro atoms. The van der Waals surface area contributed by atoms with E-state index in [1.54, 1.807) is 60.7 Å². The molecule has 2 N–H and O–H groups in total. The van der Waals surface area contributed by atoms with Crippen molar-refractivity contribution < 1.29 is 9.59 Å². The number of carbonyl (C=O) groups is 2. The lowest BCUT2D eigenvalue weighted by molar-refractivity contribution is -0.118. The smallest absolute Gasteiger partial charge is 0.262 e. The number of nitriles is 1. The molecule has 3 aromatic rings. The summed E-state index contributed by atoms with van der Waals surface area (Å²) in [6, 6.07) is 18.7. The molecule has 0 heterocycles. The molecule has 0 aliphatic heterocycles. The molecule has 3 rings (SSSR count). The van der Waals surface area contributed by atoms with Gasteiger partial charge in [-0.1, -0.05) is 82.8 Å². The monoisotopic (exact) mass is 582 g/mol. The highest BCUT2D eigenvalue weighted by atomic mass is 35.5. The Kier molecular flexibility index (Phi) is 10.4. The van der Waals surface area contributed by atoms with Gasteiger partial charge >= 0.3 is 0 Å². The zero-order chi connectivity index (χ0) is 27.7. The first-order valence-electron chi connectivity index (χ1n) is 11.0. The molecule has 0 aliphatic rings. The normalized spacial score (nSPS) is 11.3. The van der Waals surface area contributed by atoms with Crippen molar-refractivity contribution in [2.75, 3.05) is 0 Å². The van der Waals surface area contributed by atoms with Gasteiger partial charge in [0.05, 0.1) is 26.7 Å². The Hall–Kier alpha value is -3.78. The van der Waals surface area contributed by atoms with Crippen molar-refractivity contribution in [2.24, 2.45) is 0 Å². The minimum absolute atomic E-state index is 0.0905. The second-order valence-electron chi connectivity index (χ2n) is 7.84. The van der Waals surface area contributed by atoms with Crippen LogP contribution in [0.4, 0.5) is 0 Å². The molecule has 0 saturated heterocycles. The average molecular weight is 584 g/mol. The third-order valence-electron chi connectivity index (χ3n) is 5.12. The van der Waals surface area contributed by atoms with Crippen molar-refractivity contribution in [3.63, 3.8) is 0 Å². The van der Waals surface area contributed by atoms with Crippen molar-refractivity contribution in [1.29, 1.82) is 5.26 Å². The predicted molar refractivity (Wildman–Crippen MR) is 151 cm³/mol. The van der Waals surface area contributed by atoms with Crippen LogP contribution < -0.4 is 10.6 Å². The zero-order valence-corrected chi connectivity index (χ0v) is 22.6. The van der Waals surface area contributed by atoms with Crippen LogP contribution in [0.25, 0.3) is 17.0 Å². The maximum atomic E-state index is 12.5. The number of benzene rings is 3. The lowest BCUT2D eigenvalue weighted by Gasteiger charge is -2.09. The van der Waals surface area contributed by atoms with E-state index in [-0.39, 0.29) is 24.4 Å². The minimum atomic E-state index is -0.550. The first kappa shape index (κ1) is 28.8. The summed E-state index contributed by atoms with van der Waals surface area (Å²) in [5.41, 5.74) is 2.46. The quantitative estimate of drug-likeness (QED) is 0.168. The Morgan fingerprint density at radius 1 is 0.789 bits per heavy atom. The first-order valence-corrected chi connectivity index (χ1v) is 12.5. The SMILES string of the molecule is [C-]#[N+]/C(=C/c1ccc(Cl)c(Cl)c1)C(=O)NCc1cccc(CNC(=O)/C(C#N)=C\c2ccc(Cl)c(Cl)c2)c1. The molecule has 10 heteroatoms. The largest absolute Gasteiger partial charge is 0.357 e. The molecule has 0 aromatic heterocycles. The number of nitrogens with one attached hydrogen (secondary N) is 2. The molecular weight excluding hydrogens is 566 g/mol. The van der Waals surface area contributed by atoms with Gasteiger partial charge < -0.3 is 10.6 Å². The molecule has 38 heavy (non-hydrogen) atoms. The predicted octanol–water partition coefficient (Wildman–Crippen LogP) is 7.10. The number of rotatable bonds is 8. The summed E-state index contributed by atoms with van der Waals surface area (Å²) in [5.74, 6) is -1.10. The van der Waals surface area contributed by atoms with Crippen LogP contribution in [0.3, 0.4) is 0 Å². The molecule has 190 valence electrons. The third kappa shape index (κ3) is 8.11. The molecule has 6 nitrogen and oxygen atoms in total. The summed E-state index contributed by atoms with van der Waals surface area (Å²) in [7, 11) is 0. The topological polar surface area (TPSA) is 86.3 Å². The van der Waals surface area contributed by atoms with E-state index in [2.05, 4.69) is 15.5 Å². The van der Waals surface area contributed by atoms with Crippen LogP contribution in [0.15, 0.2) is 71.9 Å². The molecule has 0 atom stereocenters. The summed E-state index contributed by atoms with van der Waals surface area (Å²) in [6.45, 7) is 7.67. The lowest BCUT2D eigenvalue weighted by atomic mass is 10.1. The van der Waals surface area contributed by atoms with Gasteiger partial charge in [-0.25, -0.2) is 4.85 Å². The Balaban J connectivity index is 1.61. The molecule has 0 saturated carbocycles. The molecular formula is C28H18Cl4N4O2. The van der Waals surface area contributed by atoms with Crippen molar-refractivity contribution in [3.05, 3.63) is 126 Å². The standard InChI is InChI=1S/C28H18Cl4N4O2/c1-34-26(13-18-6-8-23(30)25(32)12-18)28(38)36-16-20-4-2-3-19(9-20)15-35-27(37)21(14-33)10-17-5-7-22(29)24(31)11-17/h2-13H,15-16H2,(H,35,37)(H,36,38)/b21-10-,26-13+. The Morgan fingerprint density at radius 2 is 1.32 bits per heavy atom. The Labute approximate surface area is 239 Å². The van der Waals surface area contributed by atoms with E-state index in [1.807, 2.05) is 6.07 Å². The number of halogens is 4. The first-order chi connectivity index (χ1) is 18.2. The molecule has 0 aliphatic carbocycles. The average Bonchev–Trinajstić information content (AvgIpc) is 2.91. The van der Waals surface area contributed by atoms with Crippen LogP contribution in [-0.4, -0.2) is 11.8 Å². The molecule has 3 aromatic carbocycles. The Morgan fingerprint density at radius 3 is 1.82 bits per heavy atom. The van der Waals surface area contributed by atoms with E-state index < -0.39 is 11.8 Å². The van der Waals surface area contributed by atoms with Gasteiger partial charge in [0.2, 0.25) is 0 Å². The number of nitrogens with zero attached hydrogens (tertiary/aromatic N) is 2. The van der Waals surface area contributed by atoms with E-state index in [4.69, 9.17) is 53.0 Å². The maximum absolute atomic E-state index is 12.5. The van der Waals surface area contributed by atoms with Gasteiger partial charge in [0.15, 0.2) is 0 Å². The second kappa shape index (κ2) is 13.7. The minimum Gasteiger partial charge on any atom is -0.357 e. The van der Waals surface area contributed by atoms with Crippen LogP contribution in [-0.2, 0) is 22.7 Å². The van der Waals surface area contributed by atoms with E-state index in [0.717, 1.165) is 11.1 Å². The summed E-state index contributed by atoms with van der Waals surface area (Å²) in [4.78, 5) is 28.4. The highest BCUT2D eigenvalue weighted by Gasteiger charge is 2.12. The van der Waals surface area contributed by atoms with Gasteiger partial charge in [-0.05, 0) is 58.7 Å². The molecule has 0 radical (unpaired) electrons. The number of carbonyl (C=O) groups excluding carboxylic acids is 2. The van der Waals surface area contributed by atoms with Crippen LogP contribution in [0.2, 0.25) is 20.1 Å². The summed E-state index contributed by atoms with van der Waals surface area (Å²) >= 11 is 23.8. The van der Waals surface area contributed by atoms with Crippen molar-refractivity contribution in [3.8, 4) is 6.07 Å². The van der Waals surface area contributed by atoms with Gasteiger partial charge in [-0.3, -0.25) is 9.59 Å². The fraction of sp³-hybridized carbons (Fsp3) is 0.0714. The van der Waals surface area contributed by atoms with Gasteiger partial charge in [0.25, 0.3) is 17.5 Å². The van der Waals surface area contributed by atoms with Crippen molar-refractivity contribution in [2.45, 2.75) is 13.1 Å². The van der Waals surface area contributed by atoms with Crippen LogP contribution in [0, 0.1) is 17.9 Å². The van der Waals surface area contributed by atoms with E-state index >= 15 is 0 Å². The number of hydrogen-bond donors (Lipinski definition) is 2. The van der Waals surface area contributed by atoms with E-state index in [1.165, 1.54) is 12.2 Å². The van der Waals surface area contributed by atoms with E-state index in [0.29, 0.717) is 31.2 Å². The third-order valence-corrected chi connectivity index (χ3v) is 6.60. The van der Waals surface area contributed by atoms with Gasteiger partial charge in [0, 0.05) is 13.1 Å². The number of amides is 2. The Bertz CT molecular complexity index is 1420. The summed E-state index contributed by atoms with van der Waals surface area (Å²) < 4.78 is 0. The maximum Gasteiger partial charge on any atom is 0.262 e.